The Morgan fingerprint density at radius 1 is 1.35 bits per heavy atom. The van der Waals surface area contributed by atoms with E-state index < -0.39 is 0 Å². The van der Waals surface area contributed by atoms with E-state index in [0.717, 1.165) is 5.56 Å². The number of phenolic OH excluding ortho intramolecular Hbond substituents is 1. The van der Waals surface area contributed by atoms with Crippen molar-refractivity contribution in [3.05, 3.63) is 29.3 Å². The molecule has 1 aliphatic heterocycles. The molecule has 0 aliphatic carbocycles. The number of carbonyl (C=O) groups excluding carboxylic acids is 2. The second kappa shape index (κ2) is 5.53. The number of carbonyl (C=O) groups is 2. The van der Waals surface area contributed by atoms with Gasteiger partial charge in [0.1, 0.15) is 5.75 Å². The summed E-state index contributed by atoms with van der Waals surface area (Å²) in [5, 5.41) is 9.81. The predicted molar refractivity (Wildman–Crippen MR) is 73.4 cm³/mol. The highest BCUT2D eigenvalue weighted by atomic mass is 16.5. The summed E-state index contributed by atoms with van der Waals surface area (Å²) in [7, 11) is 1.35. The maximum Gasteiger partial charge on any atom is 0.310 e. The number of amides is 1. The number of phenols is 1. The number of aryl methyl sites for hydroxylation is 1. The van der Waals surface area contributed by atoms with E-state index >= 15 is 0 Å². The molecule has 1 aliphatic rings. The van der Waals surface area contributed by atoms with Crippen LogP contribution in [-0.4, -0.2) is 42.1 Å². The third kappa shape index (κ3) is 2.61. The molecule has 1 N–H and O–H groups in total. The van der Waals surface area contributed by atoms with Crippen LogP contribution in [0, 0.1) is 18.8 Å². The number of hydrogen-bond acceptors (Lipinski definition) is 4. The SMILES string of the molecule is COC(=O)C1CN(C(=O)c2cc(C)ccc2O)CC1C. The van der Waals surface area contributed by atoms with Crippen molar-refractivity contribution in [2.45, 2.75) is 13.8 Å². The highest BCUT2D eigenvalue weighted by Crippen LogP contribution is 2.28. The van der Waals surface area contributed by atoms with Crippen molar-refractivity contribution in [2.24, 2.45) is 11.8 Å². The van der Waals surface area contributed by atoms with E-state index in [0.29, 0.717) is 13.1 Å². The number of likely N-dealkylation sites (tertiary alicyclic amines) is 1. The zero-order valence-corrected chi connectivity index (χ0v) is 11.9. The first-order chi connectivity index (χ1) is 9.43. The third-order valence-corrected chi connectivity index (χ3v) is 3.79. The molecule has 1 heterocycles. The van der Waals surface area contributed by atoms with Gasteiger partial charge in [-0.2, -0.15) is 0 Å². The van der Waals surface area contributed by atoms with Gasteiger partial charge in [-0.3, -0.25) is 9.59 Å². The van der Waals surface area contributed by atoms with Gasteiger partial charge >= 0.3 is 5.97 Å². The Kier molecular flexibility index (Phi) is 3.97. The molecule has 108 valence electrons. The largest absolute Gasteiger partial charge is 0.507 e. The second-order valence-electron chi connectivity index (χ2n) is 5.34. The van der Waals surface area contributed by atoms with Crippen molar-refractivity contribution in [2.75, 3.05) is 20.2 Å². The summed E-state index contributed by atoms with van der Waals surface area (Å²) in [6, 6.07) is 4.92. The Morgan fingerprint density at radius 2 is 2.05 bits per heavy atom. The van der Waals surface area contributed by atoms with Crippen LogP contribution in [0.4, 0.5) is 0 Å². The highest BCUT2D eigenvalue weighted by molar-refractivity contribution is 5.97. The number of rotatable bonds is 2. The zero-order valence-electron chi connectivity index (χ0n) is 11.9. The van der Waals surface area contributed by atoms with Gasteiger partial charge in [0, 0.05) is 13.1 Å². The lowest BCUT2D eigenvalue weighted by Gasteiger charge is -2.17. The van der Waals surface area contributed by atoms with Gasteiger partial charge in [0.2, 0.25) is 0 Å². The Morgan fingerprint density at radius 3 is 2.70 bits per heavy atom. The standard InChI is InChI=1S/C15H19NO4/c1-9-4-5-13(17)11(6-9)14(18)16-7-10(2)12(8-16)15(19)20-3/h4-6,10,12,17H,7-8H2,1-3H3. The van der Waals surface area contributed by atoms with Crippen molar-refractivity contribution in [1.82, 2.24) is 4.90 Å². The molecule has 1 aromatic carbocycles. The van der Waals surface area contributed by atoms with Crippen LogP contribution in [-0.2, 0) is 9.53 Å². The van der Waals surface area contributed by atoms with Gasteiger partial charge < -0.3 is 14.7 Å². The minimum absolute atomic E-state index is 0.0326. The molecule has 1 aromatic rings. The molecule has 2 unspecified atom stereocenters. The minimum Gasteiger partial charge on any atom is -0.507 e. The topological polar surface area (TPSA) is 66.8 Å². The lowest BCUT2D eigenvalue weighted by atomic mass is 9.99. The van der Waals surface area contributed by atoms with Crippen molar-refractivity contribution < 1.29 is 19.4 Å². The van der Waals surface area contributed by atoms with E-state index in [9.17, 15) is 14.7 Å². The number of methoxy groups -OCH3 is 1. The summed E-state index contributed by atoms with van der Waals surface area (Å²) in [4.78, 5) is 25.7. The average Bonchev–Trinajstić information content (AvgIpc) is 2.82. The first-order valence-electron chi connectivity index (χ1n) is 6.60. The fraction of sp³-hybridized carbons (Fsp3) is 0.467. The molecule has 5 nitrogen and oxygen atoms in total. The Hall–Kier alpha value is -2.04. The maximum absolute atomic E-state index is 12.4. The van der Waals surface area contributed by atoms with E-state index in [1.165, 1.54) is 13.2 Å². The Bertz CT molecular complexity index is 541. The molecular weight excluding hydrogens is 258 g/mol. The summed E-state index contributed by atoms with van der Waals surface area (Å²) >= 11 is 0. The first kappa shape index (κ1) is 14.4. The molecule has 2 rings (SSSR count). The van der Waals surface area contributed by atoms with E-state index in [4.69, 9.17) is 4.74 Å². The highest BCUT2D eigenvalue weighted by Gasteiger charge is 2.38. The van der Waals surface area contributed by atoms with Crippen molar-refractivity contribution >= 4 is 11.9 Å². The van der Waals surface area contributed by atoms with Crippen LogP contribution in [0.15, 0.2) is 18.2 Å². The van der Waals surface area contributed by atoms with Crippen LogP contribution in [0.1, 0.15) is 22.8 Å². The fourth-order valence-corrected chi connectivity index (χ4v) is 2.58. The molecule has 1 saturated heterocycles. The number of ether oxygens (including phenoxy) is 1. The van der Waals surface area contributed by atoms with Gasteiger partial charge in [0.25, 0.3) is 5.91 Å². The van der Waals surface area contributed by atoms with Crippen LogP contribution in [0.5, 0.6) is 5.75 Å². The van der Waals surface area contributed by atoms with Crippen LogP contribution in [0.25, 0.3) is 0 Å². The zero-order chi connectivity index (χ0) is 14.9. The molecule has 0 spiro atoms. The number of benzene rings is 1. The van der Waals surface area contributed by atoms with Gasteiger partial charge in [-0.15, -0.1) is 0 Å². The molecule has 1 amide bonds. The lowest BCUT2D eigenvalue weighted by Crippen LogP contribution is -2.30. The Labute approximate surface area is 118 Å². The summed E-state index contributed by atoms with van der Waals surface area (Å²) in [5.74, 6) is -0.810. The summed E-state index contributed by atoms with van der Waals surface area (Å²) < 4.78 is 4.75. The smallest absolute Gasteiger partial charge is 0.310 e. The monoisotopic (exact) mass is 277 g/mol. The lowest BCUT2D eigenvalue weighted by molar-refractivity contribution is -0.146. The maximum atomic E-state index is 12.4. The van der Waals surface area contributed by atoms with Gasteiger partial charge in [-0.25, -0.2) is 0 Å². The molecule has 20 heavy (non-hydrogen) atoms. The molecule has 5 heteroatoms. The second-order valence-corrected chi connectivity index (χ2v) is 5.34. The number of aromatic hydroxyl groups is 1. The van der Waals surface area contributed by atoms with E-state index in [1.54, 1.807) is 17.0 Å². The van der Waals surface area contributed by atoms with E-state index in [1.807, 2.05) is 13.8 Å². The molecule has 2 atom stereocenters. The van der Waals surface area contributed by atoms with Crippen molar-refractivity contribution in [1.29, 1.82) is 0 Å². The average molecular weight is 277 g/mol. The molecule has 0 aromatic heterocycles. The number of esters is 1. The number of hydrogen-bond donors (Lipinski definition) is 1. The first-order valence-corrected chi connectivity index (χ1v) is 6.60. The minimum atomic E-state index is -0.295. The third-order valence-electron chi connectivity index (χ3n) is 3.79. The fourth-order valence-electron chi connectivity index (χ4n) is 2.58. The van der Waals surface area contributed by atoms with E-state index in [2.05, 4.69) is 0 Å². The van der Waals surface area contributed by atoms with Gasteiger partial charge in [-0.1, -0.05) is 18.6 Å². The number of nitrogens with zero attached hydrogens (tertiary/aromatic N) is 1. The van der Waals surface area contributed by atoms with Gasteiger partial charge in [0.15, 0.2) is 0 Å². The summed E-state index contributed by atoms with van der Waals surface area (Å²) in [5.41, 5.74) is 1.19. The molecule has 1 fully saturated rings. The van der Waals surface area contributed by atoms with E-state index in [-0.39, 0.29) is 35.0 Å². The molecule has 0 radical (unpaired) electrons. The van der Waals surface area contributed by atoms with Crippen molar-refractivity contribution in [3.8, 4) is 5.75 Å². The Balaban J connectivity index is 2.19. The van der Waals surface area contributed by atoms with Gasteiger partial charge in [0.05, 0.1) is 18.6 Å². The normalized spacial score (nSPS) is 21.9. The predicted octanol–water partition coefficient (Wildman–Crippen LogP) is 1.58. The van der Waals surface area contributed by atoms with Crippen LogP contribution < -0.4 is 0 Å². The summed E-state index contributed by atoms with van der Waals surface area (Å²) in [6.45, 7) is 4.61. The van der Waals surface area contributed by atoms with Crippen LogP contribution in [0.3, 0.4) is 0 Å². The quantitative estimate of drug-likeness (QED) is 0.833. The molecule has 0 saturated carbocycles. The summed E-state index contributed by atoms with van der Waals surface area (Å²) in [6.07, 6.45) is 0. The molecular formula is C15H19NO4. The van der Waals surface area contributed by atoms with Crippen LogP contribution >= 0.6 is 0 Å². The van der Waals surface area contributed by atoms with Crippen LogP contribution in [0.2, 0.25) is 0 Å². The molecule has 0 bridgehead atoms. The van der Waals surface area contributed by atoms with Gasteiger partial charge in [-0.05, 0) is 25.0 Å². The van der Waals surface area contributed by atoms with Crippen molar-refractivity contribution in [3.63, 3.8) is 0 Å².